The second-order valence-electron chi connectivity index (χ2n) is 9.30. The molecule has 0 aliphatic carbocycles. The van der Waals surface area contributed by atoms with Crippen molar-refractivity contribution >= 4 is 23.7 Å². The molecular weight excluding hydrogens is 480 g/mol. The van der Waals surface area contributed by atoms with Gasteiger partial charge in [-0.1, -0.05) is 52.0 Å². The summed E-state index contributed by atoms with van der Waals surface area (Å²) in [6.45, 7) is 14.0. The van der Waals surface area contributed by atoms with Crippen LogP contribution in [0.25, 0.3) is 0 Å². The van der Waals surface area contributed by atoms with Crippen molar-refractivity contribution < 1.29 is 34.1 Å². The highest BCUT2D eigenvalue weighted by atomic mass is 16.5. The van der Waals surface area contributed by atoms with Gasteiger partial charge < -0.3 is 30.9 Å². The molecule has 1 fully saturated rings. The van der Waals surface area contributed by atoms with Crippen LogP contribution in [0, 0.1) is 11.8 Å². The molecule has 2 heterocycles. The highest BCUT2D eigenvalue weighted by Gasteiger charge is 2.40. The topological polar surface area (TPSA) is 167 Å². The number of nitrogens with zero attached hydrogens (tertiary/aromatic N) is 1. The first-order valence-electron chi connectivity index (χ1n) is 12.2. The Kier molecular flexibility index (Phi) is 10.4. The van der Waals surface area contributed by atoms with Gasteiger partial charge in [0, 0.05) is 6.20 Å². The van der Waals surface area contributed by atoms with E-state index in [0.29, 0.717) is 12.0 Å². The number of nitrogens with one attached hydrogen (secondary N) is 3. The van der Waals surface area contributed by atoms with E-state index in [1.165, 1.54) is 38.3 Å². The van der Waals surface area contributed by atoms with Gasteiger partial charge in [-0.2, -0.15) is 0 Å². The predicted octanol–water partition coefficient (Wildman–Crippen LogP) is 0.976. The number of carbonyl (C=O) groups excluding carboxylic acids is 4. The van der Waals surface area contributed by atoms with E-state index in [1.54, 1.807) is 6.92 Å². The van der Waals surface area contributed by atoms with Crippen LogP contribution in [0.3, 0.4) is 0 Å². The lowest BCUT2D eigenvalue weighted by atomic mass is 9.90. The van der Waals surface area contributed by atoms with Gasteiger partial charge in [-0.05, 0) is 31.4 Å². The van der Waals surface area contributed by atoms with Gasteiger partial charge in [0.2, 0.25) is 11.8 Å². The third-order valence-electron chi connectivity index (χ3n) is 6.54. The third kappa shape index (κ3) is 7.39. The maximum atomic E-state index is 13.4. The summed E-state index contributed by atoms with van der Waals surface area (Å²) < 4.78 is 5.55. The molecule has 5 N–H and O–H groups in total. The first-order chi connectivity index (χ1) is 17.4. The number of carbonyl (C=O) groups is 4. The third-order valence-corrected chi connectivity index (χ3v) is 6.54. The van der Waals surface area contributed by atoms with E-state index in [1.807, 2.05) is 6.92 Å². The molecule has 0 aromatic carbocycles. The van der Waals surface area contributed by atoms with Crippen LogP contribution in [0.5, 0.6) is 5.75 Å². The van der Waals surface area contributed by atoms with Gasteiger partial charge in [-0.15, -0.1) is 0 Å². The van der Waals surface area contributed by atoms with Crippen LogP contribution in [-0.4, -0.2) is 69.2 Å². The van der Waals surface area contributed by atoms with Gasteiger partial charge in [-0.25, -0.2) is 9.78 Å². The van der Waals surface area contributed by atoms with Crippen molar-refractivity contribution in [1.29, 1.82) is 0 Å². The van der Waals surface area contributed by atoms with E-state index in [9.17, 15) is 29.4 Å². The maximum Gasteiger partial charge on any atom is 0.329 e. The number of aliphatic hydroxyl groups excluding tert-OH is 1. The highest BCUT2D eigenvalue weighted by Crippen LogP contribution is 2.20. The van der Waals surface area contributed by atoms with Crippen molar-refractivity contribution in [2.24, 2.45) is 11.8 Å². The van der Waals surface area contributed by atoms with Crippen molar-refractivity contribution in [3.05, 3.63) is 48.8 Å². The smallest absolute Gasteiger partial charge is 0.329 e. The van der Waals surface area contributed by atoms with Gasteiger partial charge in [0.15, 0.2) is 5.69 Å². The van der Waals surface area contributed by atoms with E-state index in [2.05, 4.69) is 34.1 Å². The zero-order chi connectivity index (χ0) is 27.9. The lowest BCUT2D eigenvalue weighted by Crippen LogP contribution is -2.60. The molecule has 0 saturated carbocycles. The lowest BCUT2D eigenvalue weighted by Gasteiger charge is -2.34. The fourth-order valence-electron chi connectivity index (χ4n) is 3.85. The predicted molar refractivity (Wildman–Crippen MR) is 135 cm³/mol. The average molecular weight is 517 g/mol. The van der Waals surface area contributed by atoms with Crippen LogP contribution in [0.2, 0.25) is 0 Å². The number of ether oxygens (including phenoxy) is 1. The van der Waals surface area contributed by atoms with Crippen molar-refractivity contribution in [3.8, 4) is 5.75 Å². The molecular formula is C26H36N4O7. The number of aromatic nitrogens is 1. The Bertz CT molecular complexity index is 1040. The fourth-order valence-corrected chi connectivity index (χ4v) is 3.85. The first-order valence-corrected chi connectivity index (χ1v) is 12.2. The van der Waals surface area contributed by atoms with Crippen molar-refractivity contribution in [2.75, 3.05) is 0 Å². The van der Waals surface area contributed by atoms with E-state index < -0.39 is 65.7 Å². The minimum absolute atomic E-state index is 0.0681. The van der Waals surface area contributed by atoms with Crippen LogP contribution >= 0.6 is 0 Å². The zero-order valence-corrected chi connectivity index (χ0v) is 21.6. The Morgan fingerprint density at radius 2 is 1.95 bits per heavy atom. The summed E-state index contributed by atoms with van der Waals surface area (Å²) in [5, 5.41) is 28.8. The summed E-state index contributed by atoms with van der Waals surface area (Å²) in [5.74, 6) is -4.76. The number of amides is 3. The number of hydrogen-bond donors (Lipinski definition) is 5. The molecule has 11 heteroatoms. The van der Waals surface area contributed by atoms with Gasteiger partial charge >= 0.3 is 5.97 Å². The van der Waals surface area contributed by atoms with Crippen molar-refractivity contribution in [3.63, 3.8) is 0 Å². The summed E-state index contributed by atoms with van der Waals surface area (Å²) in [7, 11) is 0. The molecule has 2 rings (SSSR count). The molecule has 3 amide bonds. The highest BCUT2D eigenvalue weighted by molar-refractivity contribution is 5.98. The monoisotopic (exact) mass is 516 g/mol. The van der Waals surface area contributed by atoms with E-state index in [0.717, 1.165) is 0 Å². The van der Waals surface area contributed by atoms with E-state index in [-0.39, 0.29) is 18.0 Å². The normalized spacial score (nSPS) is 27.9. The molecule has 11 nitrogen and oxygen atoms in total. The largest absolute Gasteiger partial charge is 0.505 e. The van der Waals surface area contributed by atoms with Gasteiger partial charge in [0.1, 0.15) is 23.9 Å². The van der Waals surface area contributed by atoms with Crippen LogP contribution in [-0.2, 0) is 19.1 Å². The molecule has 202 valence electrons. The van der Waals surface area contributed by atoms with E-state index >= 15 is 0 Å². The number of esters is 1. The molecule has 0 radical (unpaired) electrons. The SMILES string of the molecule is C=CC(=C)CC1NC(=O)C(NC(=O)c2ncccc2O)C(C)OC(=O)C(C(C)CC)NC(=O)C(C)C1O. The van der Waals surface area contributed by atoms with Crippen LogP contribution in [0.1, 0.15) is 51.0 Å². The Morgan fingerprint density at radius 1 is 1.27 bits per heavy atom. The van der Waals surface area contributed by atoms with Crippen molar-refractivity contribution in [2.45, 2.75) is 70.9 Å². The second kappa shape index (κ2) is 13.0. The Hall–Kier alpha value is -3.73. The molecule has 37 heavy (non-hydrogen) atoms. The van der Waals surface area contributed by atoms with Gasteiger partial charge in [-0.3, -0.25) is 14.4 Å². The molecule has 7 atom stereocenters. The molecule has 7 unspecified atom stereocenters. The zero-order valence-electron chi connectivity index (χ0n) is 21.6. The summed E-state index contributed by atoms with van der Waals surface area (Å²) >= 11 is 0. The molecule has 1 aliphatic rings. The number of aromatic hydroxyl groups is 1. The quantitative estimate of drug-likeness (QED) is 0.264. The number of allylic oxidation sites excluding steroid dienone is 1. The minimum atomic E-state index is -1.42. The Labute approximate surface area is 216 Å². The number of aliphatic hydroxyl groups is 1. The fraction of sp³-hybridized carbons (Fsp3) is 0.500. The summed E-state index contributed by atoms with van der Waals surface area (Å²) in [5.41, 5.74) is 0.176. The molecule has 1 saturated heterocycles. The summed E-state index contributed by atoms with van der Waals surface area (Å²) in [4.78, 5) is 56.2. The minimum Gasteiger partial charge on any atom is -0.505 e. The summed E-state index contributed by atoms with van der Waals surface area (Å²) in [6.07, 6.45) is 0.813. The standard InChI is InChI=1S/C26H36N4O7/c1-7-13(3)12-17-22(32)15(5)23(33)29-19(14(4)8-2)26(36)37-16(6)20(24(34)28-17)30-25(35)21-18(31)10-9-11-27-21/h7,9-11,14-17,19-20,22,31-32H,1,3,8,12H2,2,4-6H3,(H,28,34)(H,29,33)(H,30,35). The van der Waals surface area contributed by atoms with Crippen LogP contribution in [0.15, 0.2) is 43.1 Å². The van der Waals surface area contributed by atoms with Crippen LogP contribution in [0.4, 0.5) is 0 Å². The number of rotatable bonds is 7. The molecule has 1 aliphatic heterocycles. The second-order valence-corrected chi connectivity index (χ2v) is 9.30. The number of hydrogen-bond acceptors (Lipinski definition) is 8. The number of pyridine rings is 1. The maximum absolute atomic E-state index is 13.4. The lowest BCUT2D eigenvalue weighted by molar-refractivity contribution is -0.157. The Balaban J connectivity index is 2.50. The first kappa shape index (κ1) is 29.5. The molecule has 0 spiro atoms. The number of cyclic esters (lactones) is 1. The van der Waals surface area contributed by atoms with Crippen LogP contribution < -0.4 is 16.0 Å². The molecule has 1 aromatic heterocycles. The van der Waals surface area contributed by atoms with Gasteiger partial charge in [0.05, 0.1) is 18.1 Å². The Morgan fingerprint density at radius 3 is 2.54 bits per heavy atom. The molecule has 1 aromatic rings. The molecule has 0 bridgehead atoms. The average Bonchev–Trinajstić information content (AvgIpc) is 2.87. The summed E-state index contributed by atoms with van der Waals surface area (Å²) in [6, 6.07) is -0.754. The van der Waals surface area contributed by atoms with E-state index in [4.69, 9.17) is 4.74 Å². The van der Waals surface area contributed by atoms with Gasteiger partial charge in [0.25, 0.3) is 5.91 Å². The van der Waals surface area contributed by atoms with Crippen molar-refractivity contribution in [1.82, 2.24) is 20.9 Å².